The minimum atomic E-state index is -0.634. The maximum absolute atomic E-state index is 12.3. The van der Waals surface area contributed by atoms with Crippen molar-refractivity contribution in [3.05, 3.63) is 41.6 Å². The van der Waals surface area contributed by atoms with Crippen LogP contribution in [0, 0.1) is 11.3 Å². The number of hydrogen-bond donors (Lipinski definition) is 2. The van der Waals surface area contributed by atoms with Crippen LogP contribution >= 0.6 is 0 Å². The Balaban J connectivity index is 3.00. The number of esters is 1. The summed E-state index contributed by atoms with van der Waals surface area (Å²) in [5.74, 6) is -1.18. The van der Waals surface area contributed by atoms with Crippen molar-refractivity contribution in [3.63, 3.8) is 0 Å². The molecule has 0 fully saturated rings. The Morgan fingerprint density at radius 1 is 1.38 bits per heavy atom. The lowest BCUT2D eigenvalue weighted by atomic mass is 10.1. The number of ether oxygens (including phenoxy) is 1. The molecule has 0 aliphatic heterocycles. The molecule has 0 unspecified atom stereocenters. The maximum atomic E-state index is 12.3. The van der Waals surface area contributed by atoms with Crippen LogP contribution in [0.25, 0.3) is 0 Å². The zero-order chi connectivity index (χ0) is 17.9. The molecule has 1 rings (SSSR count). The van der Waals surface area contributed by atoms with Gasteiger partial charge in [0.25, 0.3) is 5.91 Å². The summed E-state index contributed by atoms with van der Waals surface area (Å²) in [6.45, 7) is 4.52. The SMILES string of the molecule is CCOC(=O)c1ccccc1NC(=O)/C(C#N)=C\N(CC)CCO. The van der Waals surface area contributed by atoms with Gasteiger partial charge >= 0.3 is 5.97 Å². The van der Waals surface area contributed by atoms with Crippen LogP contribution < -0.4 is 5.32 Å². The van der Waals surface area contributed by atoms with Gasteiger partial charge in [-0.05, 0) is 26.0 Å². The van der Waals surface area contributed by atoms with Crippen LogP contribution in [-0.4, -0.2) is 48.2 Å². The molecule has 7 nitrogen and oxygen atoms in total. The molecule has 1 amide bonds. The number of nitrogens with one attached hydrogen (secondary N) is 1. The smallest absolute Gasteiger partial charge is 0.340 e. The minimum absolute atomic E-state index is 0.0869. The number of nitriles is 1. The summed E-state index contributed by atoms with van der Waals surface area (Å²) in [7, 11) is 0. The first-order valence-electron chi connectivity index (χ1n) is 7.61. The number of carbonyl (C=O) groups is 2. The van der Waals surface area contributed by atoms with E-state index in [9.17, 15) is 14.9 Å². The van der Waals surface area contributed by atoms with Crippen LogP contribution in [-0.2, 0) is 9.53 Å². The standard InChI is InChI=1S/C17H21N3O4/c1-3-20(9-10-21)12-13(11-18)16(22)19-15-8-6-5-7-14(15)17(23)24-4-2/h5-8,12,21H,3-4,9-10H2,1-2H3,(H,19,22)/b13-12-. The van der Waals surface area contributed by atoms with E-state index in [1.807, 2.05) is 13.0 Å². The topological polar surface area (TPSA) is 103 Å². The van der Waals surface area contributed by atoms with Crippen molar-refractivity contribution in [2.75, 3.05) is 31.6 Å². The molecular weight excluding hydrogens is 310 g/mol. The fraction of sp³-hybridized carbons (Fsp3) is 0.353. The molecule has 0 radical (unpaired) electrons. The van der Waals surface area contributed by atoms with Crippen LogP contribution in [0.1, 0.15) is 24.2 Å². The Hall–Kier alpha value is -2.85. The summed E-state index contributed by atoms with van der Waals surface area (Å²) in [6, 6.07) is 8.24. The predicted octanol–water partition coefficient (Wildman–Crippen LogP) is 1.52. The molecule has 0 aliphatic rings. The van der Waals surface area contributed by atoms with E-state index in [-0.39, 0.29) is 30.0 Å². The number of anilines is 1. The van der Waals surface area contributed by atoms with E-state index in [2.05, 4.69) is 5.32 Å². The number of rotatable bonds is 8. The zero-order valence-electron chi connectivity index (χ0n) is 13.8. The number of benzene rings is 1. The lowest BCUT2D eigenvalue weighted by Gasteiger charge is -2.17. The number of amides is 1. The second-order valence-electron chi connectivity index (χ2n) is 4.73. The van der Waals surface area contributed by atoms with E-state index in [1.165, 1.54) is 12.3 Å². The second-order valence-corrected chi connectivity index (χ2v) is 4.73. The number of likely N-dealkylation sites (N-methyl/N-ethyl adjacent to an activating group) is 1. The van der Waals surface area contributed by atoms with Gasteiger partial charge in [-0.3, -0.25) is 4.79 Å². The predicted molar refractivity (Wildman–Crippen MR) is 89.1 cm³/mol. The highest BCUT2D eigenvalue weighted by Gasteiger charge is 2.16. The average molecular weight is 331 g/mol. The minimum Gasteiger partial charge on any atom is -0.462 e. The third-order valence-corrected chi connectivity index (χ3v) is 3.14. The molecule has 0 aliphatic carbocycles. The first-order chi connectivity index (χ1) is 11.6. The molecule has 0 bridgehead atoms. The van der Waals surface area contributed by atoms with Crippen LogP contribution in [0.4, 0.5) is 5.69 Å². The molecule has 1 aromatic rings. The molecule has 0 atom stereocenters. The monoisotopic (exact) mass is 331 g/mol. The van der Waals surface area contributed by atoms with Gasteiger partial charge in [-0.2, -0.15) is 5.26 Å². The van der Waals surface area contributed by atoms with Crippen molar-refractivity contribution in [2.24, 2.45) is 0 Å². The molecule has 1 aromatic carbocycles. The van der Waals surface area contributed by atoms with Gasteiger partial charge in [-0.15, -0.1) is 0 Å². The van der Waals surface area contributed by atoms with Gasteiger partial charge in [0.1, 0.15) is 11.6 Å². The summed E-state index contributed by atoms with van der Waals surface area (Å²) in [5, 5.41) is 20.7. The highest BCUT2D eigenvalue weighted by Crippen LogP contribution is 2.17. The van der Waals surface area contributed by atoms with Crippen LogP contribution in [0.15, 0.2) is 36.0 Å². The lowest BCUT2D eigenvalue weighted by molar-refractivity contribution is -0.112. The van der Waals surface area contributed by atoms with E-state index >= 15 is 0 Å². The van der Waals surface area contributed by atoms with Crippen LogP contribution in [0.2, 0.25) is 0 Å². The average Bonchev–Trinajstić information content (AvgIpc) is 2.59. The fourth-order valence-corrected chi connectivity index (χ4v) is 1.93. The Morgan fingerprint density at radius 3 is 2.67 bits per heavy atom. The first kappa shape index (κ1) is 19.2. The molecule has 24 heavy (non-hydrogen) atoms. The van der Waals surface area contributed by atoms with E-state index in [0.717, 1.165) is 0 Å². The number of aliphatic hydroxyl groups is 1. The van der Waals surface area contributed by atoms with Gasteiger partial charge in [0, 0.05) is 19.3 Å². The maximum Gasteiger partial charge on any atom is 0.340 e. The molecule has 2 N–H and O–H groups in total. The molecule has 0 aromatic heterocycles. The van der Waals surface area contributed by atoms with E-state index in [4.69, 9.17) is 9.84 Å². The van der Waals surface area contributed by atoms with Crippen LogP contribution in [0.3, 0.4) is 0 Å². The lowest BCUT2D eigenvalue weighted by Crippen LogP contribution is -2.24. The summed E-state index contributed by atoms with van der Waals surface area (Å²) >= 11 is 0. The van der Waals surface area contributed by atoms with Gasteiger partial charge in [0.15, 0.2) is 0 Å². The Labute approximate surface area is 141 Å². The fourth-order valence-electron chi connectivity index (χ4n) is 1.93. The normalized spacial score (nSPS) is 10.7. The molecule has 0 saturated carbocycles. The molecule has 0 saturated heterocycles. The number of nitrogens with zero attached hydrogens (tertiary/aromatic N) is 2. The van der Waals surface area contributed by atoms with E-state index in [1.54, 1.807) is 30.0 Å². The van der Waals surface area contributed by atoms with Gasteiger partial charge < -0.3 is 20.1 Å². The number of hydrogen-bond acceptors (Lipinski definition) is 6. The van der Waals surface area contributed by atoms with Crippen molar-refractivity contribution in [2.45, 2.75) is 13.8 Å². The molecule has 0 heterocycles. The van der Waals surface area contributed by atoms with Gasteiger partial charge in [-0.1, -0.05) is 12.1 Å². The summed E-state index contributed by atoms with van der Waals surface area (Å²) < 4.78 is 4.95. The number of para-hydroxylation sites is 1. The van der Waals surface area contributed by atoms with Gasteiger partial charge in [0.2, 0.25) is 0 Å². The van der Waals surface area contributed by atoms with E-state index < -0.39 is 11.9 Å². The second kappa shape index (κ2) is 10.0. The van der Waals surface area contributed by atoms with Gasteiger partial charge in [0.05, 0.1) is 24.5 Å². The summed E-state index contributed by atoms with van der Waals surface area (Å²) in [5.41, 5.74) is 0.365. The van der Waals surface area contributed by atoms with E-state index in [0.29, 0.717) is 13.1 Å². The number of carbonyl (C=O) groups excluding carboxylic acids is 2. The molecule has 0 spiro atoms. The van der Waals surface area contributed by atoms with Crippen molar-refractivity contribution >= 4 is 17.6 Å². The van der Waals surface area contributed by atoms with Crippen LogP contribution in [0.5, 0.6) is 0 Å². The molecule has 7 heteroatoms. The molecule has 128 valence electrons. The largest absolute Gasteiger partial charge is 0.462 e. The highest BCUT2D eigenvalue weighted by molar-refractivity contribution is 6.09. The third kappa shape index (κ3) is 5.41. The Bertz CT molecular complexity index is 649. The first-order valence-corrected chi connectivity index (χ1v) is 7.61. The molecular formula is C17H21N3O4. The quantitative estimate of drug-likeness (QED) is 0.425. The van der Waals surface area contributed by atoms with Crippen molar-refractivity contribution in [1.29, 1.82) is 5.26 Å². The van der Waals surface area contributed by atoms with Crippen molar-refractivity contribution < 1.29 is 19.4 Å². The van der Waals surface area contributed by atoms with Gasteiger partial charge in [-0.25, -0.2) is 4.79 Å². The summed E-state index contributed by atoms with van der Waals surface area (Å²) in [4.78, 5) is 25.8. The Kier molecular flexibility index (Phi) is 8.02. The zero-order valence-corrected chi connectivity index (χ0v) is 13.8. The Morgan fingerprint density at radius 2 is 2.08 bits per heavy atom. The summed E-state index contributed by atoms with van der Waals surface area (Å²) in [6.07, 6.45) is 1.39. The number of aliphatic hydroxyl groups excluding tert-OH is 1. The highest BCUT2D eigenvalue weighted by atomic mass is 16.5. The van der Waals surface area contributed by atoms with Crippen molar-refractivity contribution in [1.82, 2.24) is 4.90 Å². The van der Waals surface area contributed by atoms with Crippen molar-refractivity contribution in [3.8, 4) is 6.07 Å². The third-order valence-electron chi connectivity index (χ3n) is 3.14.